The maximum absolute atomic E-state index is 12.6. The summed E-state index contributed by atoms with van der Waals surface area (Å²) in [7, 11) is 1.57. The van der Waals surface area contributed by atoms with Crippen molar-refractivity contribution in [2.45, 2.75) is 20.5 Å². The van der Waals surface area contributed by atoms with Gasteiger partial charge in [0.2, 0.25) is 0 Å². The molecule has 0 unspecified atom stereocenters. The first kappa shape index (κ1) is 21.7. The molecule has 0 saturated carbocycles. The second kappa shape index (κ2) is 10.1. The summed E-state index contributed by atoms with van der Waals surface area (Å²) >= 11 is 0. The van der Waals surface area contributed by atoms with Crippen LogP contribution in [0.15, 0.2) is 72.3 Å². The van der Waals surface area contributed by atoms with E-state index in [0.717, 1.165) is 5.56 Å². The minimum Gasteiger partial charge on any atom is -0.497 e. The smallest absolute Gasteiger partial charge is 0.266 e. The summed E-state index contributed by atoms with van der Waals surface area (Å²) in [6.07, 6.45) is 1.54. The normalized spacial score (nSPS) is 10.8. The largest absolute Gasteiger partial charge is 0.497 e. The molecule has 0 heterocycles. The first-order valence-corrected chi connectivity index (χ1v) is 9.85. The maximum Gasteiger partial charge on any atom is 0.266 e. The third-order valence-corrected chi connectivity index (χ3v) is 4.90. The van der Waals surface area contributed by atoms with Crippen LogP contribution < -0.4 is 14.8 Å². The molecule has 3 aromatic carbocycles. The van der Waals surface area contributed by atoms with Gasteiger partial charge in [-0.15, -0.1) is 0 Å². The summed E-state index contributed by atoms with van der Waals surface area (Å²) in [6.45, 7) is 4.53. The number of carbonyl (C=O) groups excluding carboxylic acids is 1. The first-order chi connectivity index (χ1) is 15.0. The fourth-order valence-electron chi connectivity index (χ4n) is 2.96. The Morgan fingerprint density at radius 2 is 1.77 bits per heavy atom. The molecule has 0 aliphatic carbocycles. The van der Waals surface area contributed by atoms with E-state index >= 15 is 0 Å². The van der Waals surface area contributed by atoms with Gasteiger partial charge >= 0.3 is 0 Å². The van der Waals surface area contributed by atoms with Crippen LogP contribution in [0, 0.1) is 25.2 Å². The maximum atomic E-state index is 12.6. The van der Waals surface area contributed by atoms with E-state index in [9.17, 15) is 10.1 Å². The van der Waals surface area contributed by atoms with Gasteiger partial charge in [-0.3, -0.25) is 4.79 Å². The van der Waals surface area contributed by atoms with Crippen molar-refractivity contribution in [3.8, 4) is 17.6 Å². The van der Waals surface area contributed by atoms with E-state index in [1.807, 2.05) is 36.4 Å². The Labute approximate surface area is 182 Å². The quantitative estimate of drug-likeness (QED) is 0.414. The zero-order valence-electron chi connectivity index (χ0n) is 17.8. The van der Waals surface area contributed by atoms with Crippen LogP contribution in [-0.4, -0.2) is 13.0 Å². The van der Waals surface area contributed by atoms with Crippen LogP contribution in [0.25, 0.3) is 6.08 Å². The SMILES string of the molecule is COc1ccc(NC(=O)/C(C#N)=C/c2ccccc2OCc2ccc(C)c(C)c2)cc1. The molecule has 3 rings (SSSR count). The minimum atomic E-state index is -0.489. The van der Waals surface area contributed by atoms with E-state index in [0.29, 0.717) is 29.4 Å². The number of amides is 1. The van der Waals surface area contributed by atoms with Crippen molar-refractivity contribution in [2.75, 3.05) is 12.4 Å². The molecule has 1 amide bonds. The van der Waals surface area contributed by atoms with Crippen LogP contribution >= 0.6 is 0 Å². The second-order valence-electron chi connectivity index (χ2n) is 7.10. The molecule has 0 aromatic heterocycles. The molecule has 1 N–H and O–H groups in total. The molecule has 0 saturated heterocycles. The predicted molar refractivity (Wildman–Crippen MR) is 122 cm³/mol. The fraction of sp³-hybridized carbons (Fsp3) is 0.154. The number of benzene rings is 3. The van der Waals surface area contributed by atoms with E-state index in [1.165, 1.54) is 17.2 Å². The monoisotopic (exact) mass is 412 g/mol. The number of nitrogens with one attached hydrogen (secondary N) is 1. The summed E-state index contributed by atoms with van der Waals surface area (Å²) in [5, 5.41) is 12.3. The van der Waals surface area contributed by atoms with Gasteiger partial charge in [0, 0.05) is 11.3 Å². The van der Waals surface area contributed by atoms with Gasteiger partial charge in [-0.25, -0.2) is 0 Å². The lowest BCUT2D eigenvalue weighted by molar-refractivity contribution is -0.112. The Balaban J connectivity index is 1.76. The number of hydrogen-bond donors (Lipinski definition) is 1. The lowest BCUT2D eigenvalue weighted by Crippen LogP contribution is -2.13. The van der Waals surface area contributed by atoms with E-state index in [2.05, 4.69) is 31.3 Å². The average molecular weight is 412 g/mol. The molecule has 0 aliphatic rings. The Morgan fingerprint density at radius 3 is 2.45 bits per heavy atom. The van der Waals surface area contributed by atoms with Gasteiger partial charge in [0.05, 0.1) is 7.11 Å². The van der Waals surface area contributed by atoms with E-state index in [1.54, 1.807) is 31.4 Å². The number of hydrogen-bond acceptors (Lipinski definition) is 4. The molecule has 0 spiro atoms. The van der Waals surface area contributed by atoms with Crippen LogP contribution in [0.2, 0.25) is 0 Å². The predicted octanol–water partition coefficient (Wildman–Crippen LogP) is 5.44. The molecule has 156 valence electrons. The third-order valence-electron chi connectivity index (χ3n) is 4.90. The van der Waals surface area contributed by atoms with Crippen LogP contribution in [0.3, 0.4) is 0 Å². The molecule has 0 radical (unpaired) electrons. The van der Waals surface area contributed by atoms with Crippen molar-refractivity contribution < 1.29 is 14.3 Å². The summed E-state index contributed by atoms with van der Waals surface area (Å²) in [5.74, 6) is 0.797. The molecular weight excluding hydrogens is 388 g/mol. The van der Waals surface area contributed by atoms with Crippen LogP contribution in [-0.2, 0) is 11.4 Å². The number of rotatable bonds is 7. The number of anilines is 1. The Bertz CT molecular complexity index is 1140. The Hall–Kier alpha value is -4.04. The molecular formula is C26H24N2O3. The molecule has 3 aromatic rings. The molecule has 5 heteroatoms. The van der Waals surface area contributed by atoms with Crippen molar-refractivity contribution in [2.24, 2.45) is 0 Å². The number of para-hydroxylation sites is 1. The van der Waals surface area contributed by atoms with Gasteiger partial charge in [0.25, 0.3) is 5.91 Å². The van der Waals surface area contributed by atoms with Gasteiger partial charge in [-0.1, -0.05) is 36.4 Å². The van der Waals surface area contributed by atoms with Crippen molar-refractivity contribution >= 4 is 17.7 Å². The van der Waals surface area contributed by atoms with Gasteiger partial charge in [0.1, 0.15) is 29.7 Å². The van der Waals surface area contributed by atoms with E-state index in [-0.39, 0.29) is 5.57 Å². The molecule has 0 bridgehead atoms. The number of ether oxygens (including phenoxy) is 2. The van der Waals surface area contributed by atoms with Gasteiger partial charge < -0.3 is 14.8 Å². The zero-order chi connectivity index (χ0) is 22.2. The highest BCUT2D eigenvalue weighted by molar-refractivity contribution is 6.09. The molecule has 0 atom stereocenters. The first-order valence-electron chi connectivity index (χ1n) is 9.85. The number of nitrogens with zero attached hydrogens (tertiary/aromatic N) is 1. The average Bonchev–Trinajstić information content (AvgIpc) is 2.79. The highest BCUT2D eigenvalue weighted by atomic mass is 16.5. The van der Waals surface area contributed by atoms with E-state index in [4.69, 9.17) is 9.47 Å². The van der Waals surface area contributed by atoms with Crippen molar-refractivity contribution in [1.82, 2.24) is 0 Å². The standard InChI is InChI=1S/C26H24N2O3/c1-18-8-9-20(14-19(18)2)17-31-25-7-5-4-6-21(25)15-22(16-27)26(29)28-23-10-12-24(30-3)13-11-23/h4-15H,17H2,1-3H3,(H,28,29)/b22-15+. The molecule has 31 heavy (non-hydrogen) atoms. The second-order valence-corrected chi connectivity index (χ2v) is 7.10. The fourth-order valence-corrected chi connectivity index (χ4v) is 2.96. The topological polar surface area (TPSA) is 71.3 Å². The summed E-state index contributed by atoms with van der Waals surface area (Å²) in [5.41, 5.74) is 4.71. The third kappa shape index (κ3) is 5.74. The van der Waals surface area contributed by atoms with Gasteiger partial charge in [0.15, 0.2) is 0 Å². The summed E-state index contributed by atoms with van der Waals surface area (Å²) in [6, 6.07) is 22.4. The lowest BCUT2D eigenvalue weighted by atomic mass is 10.1. The van der Waals surface area contributed by atoms with E-state index < -0.39 is 5.91 Å². The number of aryl methyl sites for hydroxylation is 2. The molecule has 0 aliphatic heterocycles. The van der Waals surface area contributed by atoms with Crippen LogP contribution in [0.4, 0.5) is 5.69 Å². The number of nitriles is 1. The van der Waals surface area contributed by atoms with Crippen LogP contribution in [0.5, 0.6) is 11.5 Å². The van der Waals surface area contributed by atoms with Crippen molar-refractivity contribution in [3.05, 3.63) is 94.6 Å². The lowest BCUT2D eigenvalue weighted by Gasteiger charge is -2.11. The Kier molecular flexibility index (Phi) is 7.08. The van der Waals surface area contributed by atoms with Crippen molar-refractivity contribution in [3.63, 3.8) is 0 Å². The molecule has 0 fully saturated rings. The van der Waals surface area contributed by atoms with Gasteiger partial charge in [-0.05, 0) is 66.9 Å². The zero-order valence-corrected chi connectivity index (χ0v) is 17.8. The highest BCUT2D eigenvalue weighted by Gasteiger charge is 2.12. The summed E-state index contributed by atoms with van der Waals surface area (Å²) < 4.78 is 11.1. The van der Waals surface area contributed by atoms with Gasteiger partial charge in [-0.2, -0.15) is 5.26 Å². The highest BCUT2D eigenvalue weighted by Crippen LogP contribution is 2.23. The minimum absolute atomic E-state index is 0.0157. The Morgan fingerprint density at radius 1 is 1.03 bits per heavy atom. The van der Waals surface area contributed by atoms with Crippen molar-refractivity contribution in [1.29, 1.82) is 5.26 Å². The summed E-state index contributed by atoms with van der Waals surface area (Å²) in [4.78, 5) is 12.6. The number of methoxy groups -OCH3 is 1. The van der Waals surface area contributed by atoms with Crippen LogP contribution in [0.1, 0.15) is 22.3 Å². The number of carbonyl (C=O) groups is 1. The molecule has 5 nitrogen and oxygen atoms in total.